The van der Waals surface area contributed by atoms with E-state index in [1.165, 1.54) is 0 Å². The van der Waals surface area contributed by atoms with Crippen molar-refractivity contribution in [2.45, 2.75) is 26.4 Å². The van der Waals surface area contributed by atoms with Gasteiger partial charge in [-0.05, 0) is 32.9 Å². The number of rotatable bonds is 1. The maximum atomic E-state index is 12.1. The largest absolute Gasteiger partial charge is 0.442 e. The van der Waals surface area contributed by atoms with Crippen LogP contribution in [0, 0.1) is 0 Å². The van der Waals surface area contributed by atoms with Gasteiger partial charge in [-0.3, -0.25) is 0 Å². The lowest BCUT2D eigenvalue weighted by Gasteiger charge is -2.19. The highest BCUT2D eigenvalue weighted by molar-refractivity contribution is 6.30. The molecule has 0 aliphatic rings. The van der Waals surface area contributed by atoms with Crippen LogP contribution in [0.1, 0.15) is 20.8 Å². The third-order valence-corrected chi connectivity index (χ3v) is 2.69. The fourth-order valence-electron chi connectivity index (χ4n) is 1.67. The second-order valence-corrected chi connectivity index (χ2v) is 5.79. The van der Waals surface area contributed by atoms with Crippen LogP contribution in [-0.2, 0) is 4.74 Å². The van der Waals surface area contributed by atoms with E-state index in [4.69, 9.17) is 22.1 Å². The molecule has 2 rings (SSSR count). The predicted molar refractivity (Wildman–Crippen MR) is 78.7 cm³/mol. The summed E-state index contributed by atoms with van der Waals surface area (Å²) in [6.07, 6.45) is -0.570. The number of benzene rings is 1. The average molecular weight is 294 g/mol. The highest BCUT2D eigenvalue weighted by atomic mass is 35.5. The Kier molecular flexibility index (Phi) is 3.72. The number of nitrogens with zero attached hydrogens (tertiary/aromatic N) is 2. The number of anilines is 1. The van der Waals surface area contributed by atoms with Crippen LogP contribution >= 0.6 is 11.6 Å². The molecule has 0 amide bonds. The van der Waals surface area contributed by atoms with Gasteiger partial charge < -0.3 is 10.5 Å². The van der Waals surface area contributed by atoms with Crippen LogP contribution in [0.3, 0.4) is 0 Å². The van der Waals surface area contributed by atoms with Crippen molar-refractivity contribution in [1.29, 1.82) is 0 Å². The quantitative estimate of drug-likeness (QED) is 0.872. The summed E-state index contributed by atoms with van der Waals surface area (Å²) in [5.74, 6) is 0.251. The Hall–Kier alpha value is -2.01. The van der Waals surface area contributed by atoms with Crippen LogP contribution in [0.2, 0.25) is 5.02 Å². The molecular formula is C14H16ClN3O2. The smallest absolute Gasteiger partial charge is 0.435 e. The van der Waals surface area contributed by atoms with E-state index in [1.807, 2.05) is 0 Å². The zero-order valence-corrected chi connectivity index (χ0v) is 12.3. The number of hydrogen-bond donors (Lipinski definition) is 1. The second-order valence-electron chi connectivity index (χ2n) is 5.35. The van der Waals surface area contributed by atoms with Crippen LogP contribution in [0.25, 0.3) is 11.3 Å². The molecule has 106 valence electrons. The molecule has 0 saturated carbocycles. The van der Waals surface area contributed by atoms with Crippen LogP contribution in [0.15, 0.2) is 30.3 Å². The summed E-state index contributed by atoms with van der Waals surface area (Å²) in [6, 6.07) is 8.67. The molecule has 2 N–H and O–H groups in total. The molecule has 0 bridgehead atoms. The highest BCUT2D eigenvalue weighted by Crippen LogP contribution is 2.24. The van der Waals surface area contributed by atoms with Crippen LogP contribution in [0.5, 0.6) is 0 Å². The Balaban J connectivity index is 2.40. The lowest BCUT2D eigenvalue weighted by Crippen LogP contribution is -2.28. The van der Waals surface area contributed by atoms with Gasteiger partial charge in [0, 0.05) is 16.7 Å². The molecule has 0 fully saturated rings. The van der Waals surface area contributed by atoms with Crippen molar-refractivity contribution >= 4 is 23.5 Å². The van der Waals surface area contributed by atoms with E-state index in [-0.39, 0.29) is 5.82 Å². The molecule has 1 heterocycles. The molecule has 2 aromatic rings. The lowest BCUT2D eigenvalue weighted by molar-refractivity contribution is 0.0518. The molecule has 1 aromatic heterocycles. The molecule has 0 aliphatic carbocycles. The normalized spacial score (nSPS) is 11.4. The molecule has 0 aliphatic heterocycles. The summed E-state index contributed by atoms with van der Waals surface area (Å²) in [6.45, 7) is 5.37. The highest BCUT2D eigenvalue weighted by Gasteiger charge is 2.21. The molecule has 0 atom stereocenters. The van der Waals surface area contributed by atoms with Crippen molar-refractivity contribution in [3.05, 3.63) is 35.4 Å². The molecule has 0 spiro atoms. The Bertz CT molecular complexity index is 627. The number of ether oxygens (including phenoxy) is 1. The number of halogens is 1. The van der Waals surface area contributed by atoms with E-state index >= 15 is 0 Å². The van der Waals surface area contributed by atoms with Gasteiger partial charge >= 0.3 is 6.09 Å². The third-order valence-electron chi connectivity index (χ3n) is 2.43. The molecule has 0 saturated heterocycles. The molecule has 20 heavy (non-hydrogen) atoms. The van der Waals surface area contributed by atoms with Gasteiger partial charge in [-0.2, -0.15) is 4.68 Å². The number of carbonyl (C=O) groups is 1. The van der Waals surface area contributed by atoms with Crippen molar-refractivity contribution in [3.63, 3.8) is 0 Å². The summed E-state index contributed by atoms with van der Waals surface area (Å²) in [4.78, 5) is 12.1. The van der Waals surface area contributed by atoms with Crippen molar-refractivity contribution in [2.24, 2.45) is 0 Å². The predicted octanol–water partition coefficient (Wildman–Crippen LogP) is 3.57. The van der Waals surface area contributed by atoms with Crippen molar-refractivity contribution in [3.8, 4) is 11.3 Å². The Morgan fingerprint density at radius 1 is 1.30 bits per heavy atom. The SMILES string of the molecule is CC(C)(C)OC(=O)n1nc(N)cc1-c1ccc(Cl)cc1. The fourth-order valence-corrected chi connectivity index (χ4v) is 1.80. The Morgan fingerprint density at radius 2 is 1.90 bits per heavy atom. The Labute approximate surface area is 122 Å². The van der Waals surface area contributed by atoms with Crippen molar-refractivity contribution < 1.29 is 9.53 Å². The van der Waals surface area contributed by atoms with Gasteiger partial charge in [0.1, 0.15) is 11.4 Å². The molecule has 1 aromatic carbocycles. The lowest BCUT2D eigenvalue weighted by atomic mass is 10.1. The van der Waals surface area contributed by atoms with E-state index in [2.05, 4.69) is 5.10 Å². The minimum Gasteiger partial charge on any atom is -0.442 e. The van der Waals surface area contributed by atoms with Gasteiger partial charge in [0.15, 0.2) is 0 Å². The Morgan fingerprint density at radius 3 is 2.45 bits per heavy atom. The summed E-state index contributed by atoms with van der Waals surface area (Å²) >= 11 is 5.86. The zero-order valence-electron chi connectivity index (χ0n) is 11.6. The fraction of sp³-hybridized carbons (Fsp3) is 0.286. The average Bonchev–Trinajstić information content (AvgIpc) is 2.70. The molecule has 6 heteroatoms. The topological polar surface area (TPSA) is 70.1 Å². The monoisotopic (exact) mass is 293 g/mol. The van der Waals surface area contributed by atoms with Crippen LogP contribution in [-0.4, -0.2) is 21.5 Å². The van der Waals surface area contributed by atoms with Crippen molar-refractivity contribution in [1.82, 2.24) is 9.78 Å². The summed E-state index contributed by atoms with van der Waals surface area (Å²) < 4.78 is 6.46. The third kappa shape index (κ3) is 3.30. The van der Waals surface area contributed by atoms with Gasteiger partial charge in [0.25, 0.3) is 0 Å². The van der Waals surface area contributed by atoms with Gasteiger partial charge in [0.05, 0.1) is 5.69 Å². The molecule has 0 radical (unpaired) electrons. The number of nitrogen functional groups attached to an aromatic ring is 1. The van der Waals surface area contributed by atoms with Gasteiger partial charge in [-0.1, -0.05) is 23.7 Å². The summed E-state index contributed by atoms with van der Waals surface area (Å²) in [5, 5.41) is 4.60. The second kappa shape index (κ2) is 5.17. The van der Waals surface area contributed by atoms with Gasteiger partial charge in [-0.15, -0.1) is 5.10 Å². The molecular weight excluding hydrogens is 278 g/mol. The van der Waals surface area contributed by atoms with Crippen LogP contribution < -0.4 is 5.73 Å². The van der Waals surface area contributed by atoms with E-state index in [9.17, 15) is 4.79 Å². The van der Waals surface area contributed by atoms with Crippen LogP contribution in [0.4, 0.5) is 10.6 Å². The first-order chi connectivity index (χ1) is 9.26. The first-order valence-corrected chi connectivity index (χ1v) is 6.49. The maximum Gasteiger partial charge on any atom is 0.435 e. The number of nitrogens with two attached hydrogens (primary N) is 1. The van der Waals surface area contributed by atoms with E-state index in [1.54, 1.807) is 51.1 Å². The first-order valence-electron chi connectivity index (χ1n) is 6.11. The van der Waals surface area contributed by atoms with E-state index in [0.29, 0.717) is 10.7 Å². The zero-order chi connectivity index (χ0) is 14.9. The number of aromatic nitrogens is 2. The number of hydrogen-bond acceptors (Lipinski definition) is 4. The molecule has 0 unspecified atom stereocenters. The molecule has 5 nitrogen and oxygen atoms in total. The maximum absolute atomic E-state index is 12.1. The van der Waals surface area contributed by atoms with Gasteiger partial charge in [-0.25, -0.2) is 4.79 Å². The standard InChI is InChI=1S/C14H16ClN3O2/c1-14(2,3)20-13(19)18-11(8-12(16)17-18)9-4-6-10(15)7-5-9/h4-8H,1-3H3,(H2,16,17). The summed E-state index contributed by atoms with van der Waals surface area (Å²) in [7, 11) is 0. The minimum atomic E-state index is -0.602. The minimum absolute atomic E-state index is 0.251. The van der Waals surface area contributed by atoms with Crippen molar-refractivity contribution in [2.75, 3.05) is 5.73 Å². The van der Waals surface area contributed by atoms with E-state index in [0.717, 1.165) is 10.2 Å². The first kappa shape index (κ1) is 14.4. The van der Waals surface area contributed by atoms with E-state index < -0.39 is 11.7 Å². The number of carbonyl (C=O) groups excluding carboxylic acids is 1. The summed E-state index contributed by atoms with van der Waals surface area (Å²) in [5.41, 5.74) is 6.43. The van der Waals surface area contributed by atoms with Gasteiger partial charge in [0.2, 0.25) is 0 Å².